The highest BCUT2D eigenvalue weighted by molar-refractivity contribution is 5.97. The summed E-state index contributed by atoms with van der Waals surface area (Å²) in [5, 5.41) is 15.1. The number of urea groups is 1. The van der Waals surface area contributed by atoms with Crippen molar-refractivity contribution in [2.45, 2.75) is 32.7 Å². The number of hydrogen-bond acceptors (Lipinski definition) is 3. The van der Waals surface area contributed by atoms with E-state index in [0.29, 0.717) is 11.3 Å². The molecule has 0 aliphatic heterocycles. The third-order valence-corrected chi connectivity index (χ3v) is 4.32. The SMILES string of the molecule is Cc1ccc(C(=O)N(C)C)cc1NC(=O)N[C@@H](C)CCc1ccc(O)cc1. The van der Waals surface area contributed by atoms with Crippen LogP contribution in [0.25, 0.3) is 0 Å². The second-order valence-electron chi connectivity index (χ2n) is 6.93. The quantitative estimate of drug-likeness (QED) is 0.728. The van der Waals surface area contributed by atoms with Crippen LogP contribution in [-0.4, -0.2) is 42.1 Å². The number of anilines is 1. The van der Waals surface area contributed by atoms with Gasteiger partial charge in [0.25, 0.3) is 5.91 Å². The summed E-state index contributed by atoms with van der Waals surface area (Å²) in [4.78, 5) is 25.9. The molecule has 0 aromatic heterocycles. The number of nitrogens with zero attached hydrogens (tertiary/aromatic N) is 1. The molecule has 0 bridgehead atoms. The molecule has 2 aromatic rings. The molecule has 0 aliphatic carbocycles. The third kappa shape index (κ3) is 6.02. The van der Waals surface area contributed by atoms with Crippen LogP contribution in [0.1, 0.15) is 34.8 Å². The number of nitrogens with one attached hydrogen (secondary N) is 2. The zero-order valence-electron chi connectivity index (χ0n) is 16.2. The first-order valence-electron chi connectivity index (χ1n) is 8.94. The number of hydrogen-bond donors (Lipinski definition) is 3. The molecule has 0 radical (unpaired) electrons. The fourth-order valence-corrected chi connectivity index (χ4v) is 2.65. The first kappa shape index (κ1) is 20.3. The molecule has 0 unspecified atom stereocenters. The Morgan fingerprint density at radius 1 is 1.11 bits per heavy atom. The maximum Gasteiger partial charge on any atom is 0.319 e. The second-order valence-corrected chi connectivity index (χ2v) is 6.93. The lowest BCUT2D eigenvalue weighted by Gasteiger charge is -2.17. The smallest absolute Gasteiger partial charge is 0.319 e. The highest BCUT2D eigenvalue weighted by Gasteiger charge is 2.13. The summed E-state index contributed by atoms with van der Waals surface area (Å²) in [7, 11) is 3.38. The molecule has 0 saturated heterocycles. The molecule has 1 atom stereocenters. The van der Waals surface area contributed by atoms with Crippen LogP contribution in [0.4, 0.5) is 10.5 Å². The lowest BCUT2D eigenvalue weighted by atomic mass is 10.1. The van der Waals surface area contributed by atoms with Gasteiger partial charge in [-0.2, -0.15) is 0 Å². The Labute approximate surface area is 160 Å². The fraction of sp³-hybridized carbons (Fsp3) is 0.333. The number of carbonyl (C=O) groups excluding carboxylic acids is 2. The van der Waals surface area contributed by atoms with E-state index in [0.717, 1.165) is 24.0 Å². The van der Waals surface area contributed by atoms with Crippen molar-refractivity contribution in [1.29, 1.82) is 0 Å². The molecule has 2 aromatic carbocycles. The van der Waals surface area contributed by atoms with Gasteiger partial charge in [-0.1, -0.05) is 18.2 Å². The normalized spacial score (nSPS) is 11.6. The highest BCUT2D eigenvalue weighted by atomic mass is 16.3. The van der Waals surface area contributed by atoms with Gasteiger partial charge in [-0.3, -0.25) is 4.79 Å². The predicted octanol–water partition coefficient (Wildman–Crippen LogP) is 3.55. The molecule has 0 fully saturated rings. The Hall–Kier alpha value is -3.02. The summed E-state index contributed by atoms with van der Waals surface area (Å²) in [5.74, 6) is 0.135. The summed E-state index contributed by atoms with van der Waals surface area (Å²) >= 11 is 0. The monoisotopic (exact) mass is 369 g/mol. The first-order chi connectivity index (χ1) is 12.8. The van der Waals surface area contributed by atoms with Gasteiger partial charge in [0.15, 0.2) is 0 Å². The Kier molecular flexibility index (Phi) is 6.82. The molecular formula is C21H27N3O3. The Morgan fingerprint density at radius 2 is 1.78 bits per heavy atom. The number of phenolic OH excluding ortho intramolecular Hbond substituents is 1. The summed E-state index contributed by atoms with van der Waals surface area (Å²) in [6.45, 7) is 3.83. The first-order valence-corrected chi connectivity index (χ1v) is 8.94. The van der Waals surface area contributed by atoms with Crippen LogP contribution < -0.4 is 10.6 Å². The maximum absolute atomic E-state index is 12.3. The van der Waals surface area contributed by atoms with E-state index in [1.54, 1.807) is 38.4 Å². The van der Waals surface area contributed by atoms with E-state index in [1.807, 2.05) is 32.0 Å². The van der Waals surface area contributed by atoms with E-state index < -0.39 is 0 Å². The number of amides is 3. The summed E-state index contributed by atoms with van der Waals surface area (Å²) in [5.41, 5.74) is 3.14. The van der Waals surface area contributed by atoms with Gasteiger partial charge in [-0.05, 0) is 62.1 Å². The van der Waals surface area contributed by atoms with Gasteiger partial charge in [0.05, 0.1) is 0 Å². The molecule has 2 rings (SSSR count). The van der Waals surface area contributed by atoms with Crippen LogP contribution in [0, 0.1) is 6.92 Å². The highest BCUT2D eigenvalue weighted by Crippen LogP contribution is 2.18. The van der Waals surface area contributed by atoms with Gasteiger partial charge < -0.3 is 20.6 Å². The number of rotatable bonds is 6. The van der Waals surface area contributed by atoms with Crippen molar-refractivity contribution in [3.63, 3.8) is 0 Å². The van der Waals surface area contributed by atoms with Crippen LogP contribution in [0.2, 0.25) is 0 Å². The molecule has 0 heterocycles. The van der Waals surface area contributed by atoms with Crippen LogP contribution >= 0.6 is 0 Å². The second kappa shape index (κ2) is 9.07. The molecule has 0 saturated carbocycles. The molecule has 6 nitrogen and oxygen atoms in total. The lowest BCUT2D eigenvalue weighted by Crippen LogP contribution is -2.36. The maximum atomic E-state index is 12.3. The standard InChI is InChI=1S/C21H27N3O3/c1-14-5-10-17(20(26)24(3)4)13-19(14)23-21(27)22-15(2)6-7-16-8-11-18(25)12-9-16/h5,8-13,15,25H,6-7H2,1-4H3,(H2,22,23,27)/t15-/m0/s1. The molecule has 3 amide bonds. The molecule has 6 heteroatoms. The van der Waals surface area contributed by atoms with Gasteiger partial charge in [0.1, 0.15) is 5.75 Å². The van der Waals surface area contributed by atoms with Crippen molar-refractivity contribution in [3.05, 3.63) is 59.2 Å². The van der Waals surface area contributed by atoms with E-state index in [2.05, 4.69) is 10.6 Å². The Bertz CT molecular complexity index is 801. The zero-order chi connectivity index (χ0) is 20.0. The average molecular weight is 369 g/mol. The van der Waals surface area contributed by atoms with Crippen molar-refractivity contribution in [1.82, 2.24) is 10.2 Å². The van der Waals surface area contributed by atoms with Gasteiger partial charge in [-0.25, -0.2) is 4.79 Å². The zero-order valence-corrected chi connectivity index (χ0v) is 16.2. The summed E-state index contributed by atoms with van der Waals surface area (Å²) < 4.78 is 0. The van der Waals surface area contributed by atoms with Crippen molar-refractivity contribution < 1.29 is 14.7 Å². The van der Waals surface area contributed by atoms with Crippen LogP contribution in [0.3, 0.4) is 0 Å². The van der Waals surface area contributed by atoms with Crippen molar-refractivity contribution >= 4 is 17.6 Å². The summed E-state index contributed by atoms with van der Waals surface area (Å²) in [6, 6.07) is 12.0. The van der Waals surface area contributed by atoms with Gasteiger partial charge in [-0.15, -0.1) is 0 Å². The minimum Gasteiger partial charge on any atom is -0.508 e. The topological polar surface area (TPSA) is 81.7 Å². The fourth-order valence-electron chi connectivity index (χ4n) is 2.65. The summed E-state index contributed by atoms with van der Waals surface area (Å²) in [6.07, 6.45) is 1.57. The van der Waals surface area contributed by atoms with E-state index in [-0.39, 0.29) is 23.7 Å². The molecule has 0 spiro atoms. The van der Waals surface area contributed by atoms with Crippen LogP contribution in [0.15, 0.2) is 42.5 Å². The van der Waals surface area contributed by atoms with Crippen molar-refractivity contribution in [3.8, 4) is 5.75 Å². The van der Waals surface area contributed by atoms with E-state index >= 15 is 0 Å². The van der Waals surface area contributed by atoms with E-state index in [9.17, 15) is 14.7 Å². The molecule has 144 valence electrons. The Morgan fingerprint density at radius 3 is 2.41 bits per heavy atom. The van der Waals surface area contributed by atoms with Crippen LogP contribution in [0.5, 0.6) is 5.75 Å². The number of benzene rings is 2. The van der Waals surface area contributed by atoms with Gasteiger partial charge in [0, 0.05) is 31.4 Å². The minimum atomic E-state index is -0.300. The molecule has 0 aliphatic rings. The van der Waals surface area contributed by atoms with Crippen molar-refractivity contribution in [2.24, 2.45) is 0 Å². The third-order valence-electron chi connectivity index (χ3n) is 4.32. The number of aryl methyl sites for hydroxylation is 2. The van der Waals surface area contributed by atoms with Crippen molar-refractivity contribution in [2.75, 3.05) is 19.4 Å². The largest absolute Gasteiger partial charge is 0.508 e. The molecule has 3 N–H and O–H groups in total. The Balaban J connectivity index is 1.91. The number of aromatic hydroxyl groups is 1. The van der Waals surface area contributed by atoms with Crippen LogP contribution in [-0.2, 0) is 6.42 Å². The number of phenols is 1. The molecular weight excluding hydrogens is 342 g/mol. The van der Waals surface area contributed by atoms with E-state index in [4.69, 9.17) is 0 Å². The predicted molar refractivity (Wildman–Crippen MR) is 107 cm³/mol. The number of carbonyl (C=O) groups is 2. The minimum absolute atomic E-state index is 0.0225. The van der Waals surface area contributed by atoms with Gasteiger partial charge >= 0.3 is 6.03 Å². The van der Waals surface area contributed by atoms with E-state index in [1.165, 1.54) is 4.90 Å². The molecule has 27 heavy (non-hydrogen) atoms. The average Bonchev–Trinajstić information content (AvgIpc) is 2.62. The lowest BCUT2D eigenvalue weighted by molar-refractivity contribution is 0.0827. The van der Waals surface area contributed by atoms with Gasteiger partial charge in [0.2, 0.25) is 0 Å².